The number of rotatable bonds is 6. The first-order chi connectivity index (χ1) is 9.65. The molecule has 0 radical (unpaired) electrons. The van der Waals surface area contributed by atoms with Crippen molar-refractivity contribution < 1.29 is 14.2 Å². The van der Waals surface area contributed by atoms with Crippen LogP contribution in [0.25, 0.3) is 0 Å². The van der Waals surface area contributed by atoms with Crippen LogP contribution in [-0.2, 0) is 9.47 Å². The van der Waals surface area contributed by atoms with Gasteiger partial charge in [-0.05, 0) is 36.6 Å². The predicted octanol–water partition coefficient (Wildman–Crippen LogP) is 4.94. The van der Waals surface area contributed by atoms with Crippen molar-refractivity contribution in [3.63, 3.8) is 0 Å². The highest BCUT2D eigenvalue weighted by Crippen LogP contribution is 2.34. The number of halogens is 1. The lowest BCUT2D eigenvalue weighted by Gasteiger charge is -2.21. The van der Waals surface area contributed by atoms with Crippen LogP contribution in [0.2, 0.25) is 0 Å². The molecular formula is C15H17BrO3S. The van der Waals surface area contributed by atoms with Crippen molar-refractivity contribution >= 4 is 27.3 Å². The molecule has 5 heteroatoms. The van der Waals surface area contributed by atoms with Gasteiger partial charge in [-0.1, -0.05) is 22.0 Å². The third-order valence-electron chi connectivity index (χ3n) is 2.90. The smallest absolute Gasteiger partial charge is 0.186 e. The Kier molecular flexibility index (Phi) is 5.60. The van der Waals surface area contributed by atoms with Gasteiger partial charge in [0, 0.05) is 23.6 Å². The summed E-state index contributed by atoms with van der Waals surface area (Å²) >= 11 is 5.15. The van der Waals surface area contributed by atoms with Gasteiger partial charge in [0.15, 0.2) is 6.29 Å². The average molecular weight is 357 g/mol. The highest BCUT2D eigenvalue weighted by Gasteiger charge is 2.18. The third kappa shape index (κ3) is 3.61. The topological polar surface area (TPSA) is 27.7 Å². The van der Waals surface area contributed by atoms with Gasteiger partial charge in [-0.25, -0.2) is 0 Å². The molecule has 1 unspecified atom stereocenters. The highest BCUT2D eigenvalue weighted by atomic mass is 79.9. The molecule has 0 aliphatic rings. The SMILES string of the molecule is COC(OC)c1cc(Br)ccc1OC(C)c1cccs1. The predicted molar refractivity (Wildman–Crippen MR) is 84.3 cm³/mol. The van der Waals surface area contributed by atoms with Crippen molar-refractivity contribution in [1.29, 1.82) is 0 Å². The van der Waals surface area contributed by atoms with Crippen molar-refractivity contribution in [2.45, 2.75) is 19.3 Å². The molecule has 3 nitrogen and oxygen atoms in total. The zero-order valence-electron chi connectivity index (χ0n) is 11.6. The molecule has 0 bridgehead atoms. The van der Waals surface area contributed by atoms with E-state index in [1.807, 2.05) is 36.6 Å². The number of ether oxygens (including phenoxy) is 3. The fraction of sp³-hybridized carbons (Fsp3) is 0.333. The Hall–Kier alpha value is -0.880. The minimum atomic E-state index is -0.446. The van der Waals surface area contributed by atoms with Gasteiger partial charge in [-0.3, -0.25) is 0 Å². The summed E-state index contributed by atoms with van der Waals surface area (Å²) in [6.07, 6.45) is -0.456. The second kappa shape index (κ2) is 7.22. The largest absolute Gasteiger partial charge is 0.485 e. The number of hydrogen-bond acceptors (Lipinski definition) is 4. The number of methoxy groups -OCH3 is 2. The molecule has 1 atom stereocenters. The Morgan fingerprint density at radius 2 is 1.90 bits per heavy atom. The second-order valence-corrected chi connectivity index (χ2v) is 6.16. The third-order valence-corrected chi connectivity index (χ3v) is 4.43. The Morgan fingerprint density at radius 3 is 2.50 bits per heavy atom. The van der Waals surface area contributed by atoms with E-state index in [9.17, 15) is 0 Å². The summed E-state index contributed by atoms with van der Waals surface area (Å²) in [5.41, 5.74) is 0.868. The van der Waals surface area contributed by atoms with E-state index in [1.165, 1.54) is 4.88 Å². The minimum Gasteiger partial charge on any atom is -0.485 e. The van der Waals surface area contributed by atoms with Crippen LogP contribution < -0.4 is 4.74 Å². The van der Waals surface area contributed by atoms with E-state index in [-0.39, 0.29) is 6.10 Å². The molecule has 0 aliphatic carbocycles. The molecule has 0 saturated carbocycles. The molecule has 2 rings (SSSR count). The zero-order valence-corrected chi connectivity index (χ0v) is 14.0. The van der Waals surface area contributed by atoms with Crippen LogP contribution in [-0.4, -0.2) is 14.2 Å². The number of benzene rings is 1. The van der Waals surface area contributed by atoms with E-state index in [4.69, 9.17) is 14.2 Å². The van der Waals surface area contributed by atoms with Crippen LogP contribution in [0.4, 0.5) is 0 Å². The van der Waals surface area contributed by atoms with Gasteiger partial charge >= 0.3 is 0 Å². The van der Waals surface area contributed by atoms with Gasteiger partial charge < -0.3 is 14.2 Å². The van der Waals surface area contributed by atoms with Crippen LogP contribution in [0.1, 0.15) is 29.8 Å². The van der Waals surface area contributed by atoms with Gasteiger partial charge in [0.1, 0.15) is 11.9 Å². The Labute approximate surface area is 131 Å². The first-order valence-corrected chi connectivity index (χ1v) is 7.88. The first kappa shape index (κ1) is 15.5. The Balaban J connectivity index is 2.26. The van der Waals surface area contributed by atoms with Gasteiger partial charge in [-0.2, -0.15) is 0 Å². The van der Waals surface area contributed by atoms with E-state index >= 15 is 0 Å². The number of thiophene rings is 1. The molecule has 0 spiro atoms. The quantitative estimate of drug-likeness (QED) is 0.685. The van der Waals surface area contributed by atoms with Crippen LogP contribution in [0, 0.1) is 0 Å². The molecule has 1 aromatic heterocycles. The van der Waals surface area contributed by atoms with Gasteiger partial charge in [0.05, 0.1) is 5.56 Å². The molecule has 1 heterocycles. The maximum atomic E-state index is 6.06. The number of hydrogen-bond donors (Lipinski definition) is 0. The van der Waals surface area contributed by atoms with Crippen molar-refractivity contribution in [3.8, 4) is 5.75 Å². The van der Waals surface area contributed by atoms with E-state index in [2.05, 4.69) is 22.0 Å². The highest BCUT2D eigenvalue weighted by molar-refractivity contribution is 9.10. The lowest BCUT2D eigenvalue weighted by atomic mass is 10.2. The summed E-state index contributed by atoms with van der Waals surface area (Å²) in [6.45, 7) is 2.03. The molecule has 0 amide bonds. The van der Waals surface area contributed by atoms with E-state index in [0.29, 0.717) is 0 Å². The Bertz CT molecular complexity index is 538. The fourth-order valence-corrected chi connectivity index (χ4v) is 3.02. The van der Waals surface area contributed by atoms with E-state index in [1.54, 1.807) is 25.6 Å². The van der Waals surface area contributed by atoms with E-state index in [0.717, 1.165) is 15.8 Å². The molecule has 20 heavy (non-hydrogen) atoms. The molecule has 0 saturated heterocycles. The molecular weight excluding hydrogens is 340 g/mol. The van der Waals surface area contributed by atoms with Crippen molar-refractivity contribution in [1.82, 2.24) is 0 Å². The van der Waals surface area contributed by atoms with Crippen molar-refractivity contribution in [2.75, 3.05) is 14.2 Å². The standard InChI is InChI=1S/C15H17BrO3S/c1-10(14-5-4-8-20-14)19-13-7-6-11(16)9-12(13)15(17-2)18-3/h4-10,15H,1-3H3. The van der Waals surface area contributed by atoms with Crippen LogP contribution in [0.15, 0.2) is 40.2 Å². The molecule has 108 valence electrons. The molecule has 2 aromatic rings. The normalized spacial score (nSPS) is 12.7. The average Bonchev–Trinajstić information content (AvgIpc) is 2.97. The summed E-state index contributed by atoms with van der Waals surface area (Å²) in [4.78, 5) is 1.19. The summed E-state index contributed by atoms with van der Waals surface area (Å²) in [5, 5.41) is 2.05. The molecule has 1 aromatic carbocycles. The lowest BCUT2D eigenvalue weighted by molar-refractivity contribution is -0.107. The van der Waals surface area contributed by atoms with Crippen LogP contribution in [0.3, 0.4) is 0 Å². The minimum absolute atomic E-state index is 0.00992. The maximum Gasteiger partial charge on any atom is 0.186 e. The monoisotopic (exact) mass is 356 g/mol. The van der Waals surface area contributed by atoms with Crippen LogP contribution >= 0.6 is 27.3 Å². The molecule has 0 aliphatic heterocycles. The van der Waals surface area contributed by atoms with Crippen LogP contribution in [0.5, 0.6) is 5.75 Å². The van der Waals surface area contributed by atoms with Crippen molar-refractivity contribution in [3.05, 3.63) is 50.6 Å². The summed E-state index contributed by atoms with van der Waals surface area (Å²) in [7, 11) is 3.23. The summed E-state index contributed by atoms with van der Waals surface area (Å²) in [6, 6.07) is 9.92. The second-order valence-electron chi connectivity index (χ2n) is 4.26. The molecule has 0 N–H and O–H groups in total. The fourth-order valence-electron chi connectivity index (χ4n) is 1.93. The Morgan fingerprint density at radius 1 is 1.15 bits per heavy atom. The first-order valence-electron chi connectivity index (χ1n) is 6.20. The van der Waals surface area contributed by atoms with Gasteiger partial charge in [-0.15, -0.1) is 11.3 Å². The maximum absolute atomic E-state index is 6.06. The summed E-state index contributed by atoms with van der Waals surface area (Å²) in [5.74, 6) is 0.766. The van der Waals surface area contributed by atoms with E-state index < -0.39 is 6.29 Å². The van der Waals surface area contributed by atoms with Gasteiger partial charge in [0.2, 0.25) is 0 Å². The van der Waals surface area contributed by atoms with Gasteiger partial charge in [0.25, 0.3) is 0 Å². The zero-order chi connectivity index (χ0) is 14.5. The van der Waals surface area contributed by atoms with Crippen molar-refractivity contribution in [2.24, 2.45) is 0 Å². The molecule has 0 fully saturated rings. The lowest BCUT2D eigenvalue weighted by Crippen LogP contribution is -2.09. The summed E-state index contributed by atoms with van der Waals surface area (Å²) < 4.78 is 17.7.